The van der Waals surface area contributed by atoms with Gasteiger partial charge in [-0.15, -0.1) is 0 Å². The van der Waals surface area contributed by atoms with Gasteiger partial charge in [0.05, 0.1) is 27.9 Å². The topological polar surface area (TPSA) is 56.0 Å². The predicted octanol–water partition coefficient (Wildman–Crippen LogP) is 2.56. The van der Waals surface area contributed by atoms with Crippen LogP contribution in [0.5, 0.6) is 0 Å². The lowest BCUT2D eigenvalue weighted by molar-refractivity contribution is -0.130. The second kappa shape index (κ2) is 7.09. The van der Waals surface area contributed by atoms with Crippen LogP contribution in [0.4, 0.5) is 0 Å². The van der Waals surface area contributed by atoms with Gasteiger partial charge in [0.25, 0.3) is 0 Å². The van der Waals surface area contributed by atoms with Gasteiger partial charge in [-0.2, -0.15) is 10.2 Å². The molecule has 6 nitrogen and oxygen atoms in total. The summed E-state index contributed by atoms with van der Waals surface area (Å²) in [5.74, 6) is 0.0413. The maximum Gasteiger partial charge on any atom is 0.224 e. The summed E-state index contributed by atoms with van der Waals surface area (Å²) < 4.78 is 4.42. The standard InChI is InChI=1S/C13H17BrClN5O/c1-3-19-8-11(14)12(17-19)9-18(2)13(21)4-5-20-7-10(15)6-16-20/h6-8H,3-5,9H2,1-2H3. The largest absolute Gasteiger partial charge is 0.340 e. The van der Waals surface area contributed by atoms with Gasteiger partial charge in [0.15, 0.2) is 0 Å². The molecule has 0 radical (unpaired) electrons. The van der Waals surface area contributed by atoms with Crippen molar-refractivity contribution in [1.29, 1.82) is 0 Å². The molecule has 2 heterocycles. The average molecular weight is 375 g/mol. The summed E-state index contributed by atoms with van der Waals surface area (Å²) in [7, 11) is 1.77. The third-order valence-electron chi connectivity index (χ3n) is 3.08. The van der Waals surface area contributed by atoms with Crippen LogP contribution in [0.2, 0.25) is 5.02 Å². The number of aromatic nitrogens is 4. The molecule has 0 aromatic carbocycles. The number of carbonyl (C=O) groups is 1. The second-order valence-electron chi connectivity index (χ2n) is 4.70. The molecule has 0 aliphatic carbocycles. The lowest BCUT2D eigenvalue weighted by atomic mass is 10.3. The number of rotatable bonds is 6. The number of nitrogens with zero attached hydrogens (tertiary/aromatic N) is 5. The zero-order chi connectivity index (χ0) is 15.4. The fourth-order valence-corrected chi connectivity index (χ4v) is 2.48. The van der Waals surface area contributed by atoms with Crippen LogP contribution in [0.1, 0.15) is 19.0 Å². The summed E-state index contributed by atoms with van der Waals surface area (Å²) in [6.07, 6.45) is 5.55. The molecule has 1 amide bonds. The van der Waals surface area contributed by atoms with E-state index in [-0.39, 0.29) is 5.91 Å². The van der Waals surface area contributed by atoms with Crippen LogP contribution in [-0.2, 0) is 24.4 Å². The Labute approximate surface area is 136 Å². The van der Waals surface area contributed by atoms with Gasteiger partial charge in [-0.05, 0) is 22.9 Å². The summed E-state index contributed by atoms with van der Waals surface area (Å²) in [6.45, 7) is 3.82. The van der Waals surface area contributed by atoms with Crippen molar-refractivity contribution in [3.05, 3.63) is 33.8 Å². The Morgan fingerprint density at radius 2 is 2.19 bits per heavy atom. The fraction of sp³-hybridized carbons (Fsp3) is 0.462. The van der Waals surface area contributed by atoms with E-state index in [9.17, 15) is 4.79 Å². The van der Waals surface area contributed by atoms with E-state index in [1.54, 1.807) is 29.0 Å². The molecular formula is C13H17BrClN5O. The van der Waals surface area contributed by atoms with Crippen molar-refractivity contribution < 1.29 is 4.79 Å². The fourth-order valence-electron chi connectivity index (χ4n) is 1.88. The average Bonchev–Trinajstić information content (AvgIpc) is 3.02. The Hall–Kier alpha value is -1.34. The molecule has 0 N–H and O–H groups in total. The SMILES string of the molecule is CCn1cc(Br)c(CN(C)C(=O)CCn2cc(Cl)cn2)n1. The molecule has 21 heavy (non-hydrogen) atoms. The maximum atomic E-state index is 12.1. The Balaban J connectivity index is 1.88. The first kappa shape index (κ1) is 16.0. The molecule has 0 aliphatic rings. The van der Waals surface area contributed by atoms with E-state index >= 15 is 0 Å². The predicted molar refractivity (Wildman–Crippen MR) is 83.9 cm³/mol. The van der Waals surface area contributed by atoms with Crippen LogP contribution in [-0.4, -0.2) is 37.4 Å². The molecule has 0 fully saturated rings. The highest BCUT2D eigenvalue weighted by Gasteiger charge is 2.14. The van der Waals surface area contributed by atoms with Crippen molar-refractivity contribution >= 4 is 33.4 Å². The first-order valence-corrected chi connectivity index (χ1v) is 7.80. The minimum atomic E-state index is 0.0413. The third-order valence-corrected chi connectivity index (χ3v) is 3.94. The minimum Gasteiger partial charge on any atom is -0.340 e. The zero-order valence-electron chi connectivity index (χ0n) is 12.0. The van der Waals surface area contributed by atoms with E-state index in [1.807, 2.05) is 17.8 Å². The van der Waals surface area contributed by atoms with Gasteiger partial charge >= 0.3 is 0 Å². The molecule has 0 unspecified atom stereocenters. The summed E-state index contributed by atoms with van der Waals surface area (Å²) in [5.41, 5.74) is 0.856. The van der Waals surface area contributed by atoms with E-state index in [0.29, 0.717) is 24.5 Å². The number of amides is 1. The molecule has 0 aliphatic heterocycles. The number of hydrogen-bond acceptors (Lipinski definition) is 3. The van der Waals surface area contributed by atoms with E-state index in [4.69, 9.17) is 11.6 Å². The van der Waals surface area contributed by atoms with Gasteiger partial charge in [-0.1, -0.05) is 11.6 Å². The van der Waals surface area contributed by atoms with Crippen LogP contribution in [0.3, 0.4) is 0 Å². The van der Waals surface area contributed by atoms with Crippen molar-refractivity contribution in [2.45, 2.75) is 33.0 Å². The Bertz CT molecular complexity index is 624. The maximum absolute atomic E-state index is 12.1. The molecule has 0 bridgehead atoms. The quantitative estimate of drug-likeness (QED) is 0.781. The first-order chi connectivity index (χ1) is 9.99. The summed E-state index contributed by atoms with van der Waals surface area (Å²) in [5, 5.41) is 9.04. The normalized spacial score (nSPS) is 10.9. The highest BCUT2D eigenvalue weighted by atomic mass is 79.9. The van der Waals surface area contributed by atoms with Gasteiger partial charge in [-0.3, -0.25) is 14.2 Å². The molecule has 0 spiro atoms. The Morgan fingerprint density at radius 1 is 1.43 bits per heavy atom. The van der Waals surface area contributed by atoms with Crippen LogP contribution in [0, 0.1) is 0 Å². The molecule has 2 rings (SSSR count). The van der Waals surface area contributed by atoms with E-state index < -0.39 is 0 Å². The van der Waals surface area contributed by atoms with Gasteiger partial charge in [0.1, 0.15) is 0 Å². The Kier molecular flexibility index (Phi) is 5.41. The lowest BCUT2D eigenvalue weighted by Gasteiger charge is -2.16. The molecule has 0 atom stereocenters. The Morgan fingerprint density at radius 3 is 2.76 bits per heavy atom. The first-order valence-electron chi connectivity index (χ1n) is 6.63. The van der Waals surface area contributed by atoms with E-state index in [1.165, 1.54) is 0 Å². The molecule has 0 saturated heterocycles. The second-order valence-corrected chi connectivity index (χ2v) is 5.99. The summed E-state index contributed by atoms with van der Waals surface area (Å²) in [4.78, 5) is 13.8. The third kappa shape index (κ3) is 4.31. The van der Waals surface area contributed by atoms with Crippen LogP contribution in [0.25, 0.3) is 0 Å². The highest BCUT2D eigenvalue weighted by Crippen LogP contribution is 2.16. The summed E-state index contributed by atoms with van der Waals surface area (Å²) >= 11 is 9.25. The lowest BCUT2D eigenvalue weighted by Crippen LogP contribution is -2.27. The molecule has 8 heteroatoms. The van der Waals surface area contributed by atoms with Gasteiger partial charge in [-0.25, -0.2) is 0 Å². The minimum absolute atomic E-state index is 0.0413. The zero-order valence-corrected chi connectivity index (χ0v) is 14.3. The smallest absolute Gasteiger partial charge is 0.224 e. The molecule has 114 valence electrons. The van der Waals surface area contributed by atoms with E-state index in [0.717, 1.165) is 16.7 Å². The number of carbonyl (C=O) groups excluding carboxylic acids is 1. The van der Waals surface area contributed by atoms with Crippen LogP contribution in [0.15, 0.2) is 23.1 Å². The van der Waals surface area contributed by atoms with Crippen molar-refractivity contribution in [3.63, 3.8) is 0 Å². The van der Waals surface area contributed by atoms with Crippen molar-refractivity contribution in [3.8, 4) is 0 Å². The van der Waals surface area contributed by atoms with Gasteiger partial charge in [0, 0.05) is 39.0 Å². The molecule has 2 aromatic heterocycles. The number of hydrogen-bond donors (Lipinski definition) is 0. The monoisotopic (exact) mass is 373 g/mol. The van der Waals surface area contributed by atoms with Gasteiger partial charge < -0.3 is 4.90 Å². The van der Waals surface area contributed by atoms with Gasteiger partial charge in [0.2, 0.25) is 5.91 Å². The summed E-state index contributed by atoms with van der Waals surface area (Å²) in [6, 6.07) is 0. The number of aryl methyl sites for hydroxylation is 2. The van der Waals surface area contributed by atoms with Crippen molar-refractivity contribution in [1.82, 2.24) is 24.5 Å². The highest BCUT2D eigenvalue weighted by molar-refractivity contribution is 9.10. The van der Waals surface area contributed by atoms with Crippen molar-refractivity contribution in [2.75, 3.05) is 7.05 Å². The van der Waals surface area contributed by atoms with Crippen LogP contribution >= 0.6 is 27.5 Å². The molecular weight excluding hydrogens is 358 g/mol. The van der Waals surface area contributed by atoms with Crippen molar-refractivity contribution in [2.24, 2.45) is 0 Å². The molecule has 0 saturated carbocycles. The number of halogens is 2. The molecule has 2 aromatic rings. The van der Waals surface area contributed by atoms with Crippen LogP contribution < -0.4 is 0 Å². The van der Waals surface area contributed by atoms with E-state index in [2.05, 4.69) is 26.1 Å².